The number of hydrogen-bond acceptors (Lipinski definition) is 2. The van der Waals surface area contributed by atoms with Crippen molar-refractivity contribution >= 4 is 39.3 Å². The van der Waals surface area contributed by atoms with Crippen LogP contribution in [0.4, 0.5) is 19.3 Å². The monoisotopic (exact) mass is 387 g/mol. The highest BCUT2D eigenvalue weighted by molar-refractivity contribution is 9.10. The fourth-order valence-corrected chi connectivity index (χ4v) is 2.97. The topological polar surface area (TPSA) is 38.3 Å². The molecule has 0 spiro atoms. The average Bonchev–Trinajstić information content (AvgIpc) is 2.46. The number of anilines is 1. The second kappa shape index (κ2) is 5.85. The van der Waals surface area contributed by atoms with Crippen molar-refractivity contribution in [2.24, 2.45) is 0 Å². The molecule has 0 radical (unpaired) electrons. The quantitative estimate of drug-likeness (QED) is 0.765. The van der Waals surface area contributed by atoms with Crippen LogP contribution in [0.2, 0.25) is 5.02 Å². The Kier molecular flexibility index (Phi) is 4.06. The number of carbonyl (C=O) groups is 1. The van der Waals surface area contributed by atoms with Gasteiger partial charge in [-0.3, -0.25) is 5.32 Å². The molecule has 0 aliphatic carbocycles. The summed E-state index contributed by atoms with van der Waals surface area (Å²) in [5.74, 6) is -1.87. The average molecular weight is 389 g/mol. The van der Waals surface area contributed by atoms with E-state index in [1.807, 2.05) is 0 Å². The first-order valence-electron chi connectivity index (χ1n) is 6.35. The Bertz CT molecular complexity index is 769. The lowest BCUT2D eigenvalue weighted by Gasteiger charge is -2.27. The van der Waals surface area contributed by atoms with Gasteiger partial charge in [0.05, 0.1) is 10.7 Å². The van der Waals surface area contributed by atoms with E-state index in [4.69, 9.17) is 16.3 Å². The molecule has 3 nitrogen and oxygen atoms in total. The minimum absolute atomic E-state index is 0.188. The van der Waals surface area contributed by atoms with Crippen molar-refractivity contribution in [3.63, 3.8) is 0 Å². The highest BCUT2D eigenvalue weighted by atomic mass is 79.9. The van der Waals surface area contributed by atoms with Crippen LogP contribution in [0.1, 0.15) is 17.2 Å². The van der Waals surface area contributed by atoms with Gasteiger partial charge in [0.2, 0.25) is 0 Å². The summed E-state index contributed by atoms with van der Waals surface area (Å²) in [5.41, 5.74) is 1.64. The van der Waals surface area contributed by atoms with Crippen LogP contribution in [-0.2, 0) is 11.2 Å². The minimum Gasteiger partial charge on any atom is -0.441 e. The Hall–Kier alpha value is -1.66. The lowest BCUT2D eigenvalue weighted by atomic mass is 9.98. The van der Waals surface area contributed by atoms with Crippen LogP contribution in [-0.4, -0.2) is 6.09 Å². The molecule has 22 heavy (non-hydrogen) atoms. The van der Waals surface area contributed by atoms with Gasteiger partial charge in [-0.05, 0) is 45.8 Å². The lowest BCUT2D eigenvalue weighted by molar-refractivity contribution is 0.106. The number of hydrogen-bond donors (Lipinski definition) is 1. The Morgan fingerprint density at radius 2 is 2.00 bits per heavy atom. The largest absolute Gasteiger partial charge is 0.441 e. The van der Waals surface area contributed by atoms with Crippen molar-refractivity contribution in [2.75, 3.05) is 5.32 Å². The van der Waals surface area contributed by atoms with Crippen LogP contribution in [0.3, 0.4) is 0 Å². The van der Waals surface area contributed by atoms with Crippen LogP contribution >= 0.6 is 27.5 Å². The normalized spacial score (nSPS) is 16.7. The van der Waals surface area contributed by atoms with Gasteiger partial charge in [-0.15, -0.1) is 0 Å². The van der Waals surface area contributed by atoms with E-state index in [1.54, 1.807) is 12.1 Å². The summed E-state index contributed by atoms with van der Waals surface area (Å²) in [6.07, 6.45) is -1.11. The standard InChI is InChI=1S/C15H9BrClF2NO2/c16-8-2-4-11-13(14(8)17)12(22-15(21)20-11)6-7-1-3-9(18)10(19)5-7/h1-5,12H,6H2,(H,20,21). The number of amides is 1. The molecule has 0 fully saturated rings. The first-order valence-corrected chi connectivity index (χ1v) is 7.52. The van der Waals surface area contributed by atoms with E-state index in [9.17, 15) is 13.6 Å². The van der Waals surface area contributed by atoms with Gasteiger partial charge in [0.1, 0.15) is 6.10 Å². The smallest absolute Gasteiger partial charge is 0.412 e. The van der Waals surface area contributed by atoms with Crippen molar-refractivity contribution in [3.8, 4) is 0 Å². The molecular formula is C15H9BrClF2NO2. The van der Waals surface area contributed by atoms with Crippen LogP contribution in [0.25, 0.3) is 0 Å². The van der Waals surface area contributed by atoms with Gasteiger partial charge in [0.25, 0.3) is 0 Å². The Balaban J connectivity index is 1.99. The molecule has 0 bridgehead atoms. The van der Waals surface area contributed by atoms with Gasteiger partial charge in [-0.2, -0.15) is 0 Å². The Morgan fingerprint density at radius 3 is 2.73 bits per heavy atom. The second-order valence-electron chi connectivity index (χ2n) is 4.79. The zero-order valence-corrected chi connectivity index (χ0v) is 13.3. The molecule has 1 heterocycles. The number of benzene rings is 2. The molecule has 0 saturated carbocycles. The van der Waals surface area contributed by atoms with Crippen LogP contribution in [0, 0.1) is 11.6 Å². The third-order valence-corrected chi connectivity index (χ3v) is 4.64. The van der Waals surface area contributed by atoms with Gasteiger partial charge in [-0.25, -0.2) is 13.6 Å². The highest BCUT2D eigenvalue weighted by Crippen LogP contribution is 2.41. The van der Waals surface area contributed by atoms with E-state index in [-0.39, 0.29) is 6.42 Å². The molecule has 1 aliphatic rings. The zero-order valence-electron chi connectivity index (χ0n) is 11.0. The molecule has 7 heteroatoms. The van der Waals surface area contributed by atoms with E-state index in [0.29, 0.717) is 26.3 Å². The molecule has 1 atom stereocenters. The summed E-state index contributed by atoms with van der Waals surface area (Å²) in [4.78, 5) is 11.6. The van der Waals surface area contributed by atoms with Gasteiger partial charge in [-0.1, -0.05) is 17.7 Å². The van der Waals surface area contributed by atoms with Crippen molar-refractivity contribution in [3.05, 3.63) is 62.6 Å². The molecule has 1 amide bonds. The molecule has 3 rings (SSSR count). The highest BCUT2D eigenvalue weighted by Gasteiger charge is 2.29. The van der Waals surface area contributed by atoms with Gasteiger partial charge in [0.15, 0.2) is 11.6 Å². The van der Waals surface area contributed by atoms with Crippen molar-refractivity contribution in [2.45, 2.75) is 12.5 Å². The summed E-state index contributed by atoms with van der Waals surface area (Å²) in [7, 11) is 0. The number of cyclic esters (lactones) is 1. The van der Waals surface area contributed by atoms with E-state index in [1.165, 1.54) is 6.07 Å². The number of ether oxygens (including phenoxy) is 1. The number of nitrogens with one attached hydrogen (secondary N) is 1. The number of carbonyl (C=O) groups excluding carboxylic acids is 1. The second-order valence-corrected chi connectivity index (χ2v) is 6.03. The first-order chi connectivity index (χ1) is 10.5. The van der Waals surface area contributed by atoms with E-state index in [2.05, 4.69) is 21.2 Å². The zero-order chi connectivity index (χ0) is 15.9. The summed E-state index contributed by atoms with van der Waals surface area (Å²) >= 11 is 9.58. The van der Waals surface area contributed by atoms with Crippen molar-refractivity contribution in [1.82, 2.24) is 0 Å². The van der Waals surface area contributed by atoms with Crippen molar-refractivity contribution in [1.29, 1.82) is 0 Å². The summed E-state index contributed by atoms with van der Waals surface area (Å²) in [6, 6.07) is 6.97. The third-order valence-electron chi connectivity index (χ3n) is 3.35. The van der Waals surface area contributed by atoms with Crippen LogP contribution in [0.15, 0.2) is 34.8 Å². The summed E-state index contributed by atoms with van der Waals surface area (Å²) < 4.78 is 32.2. The Morgan fingerprint density at radius 1 is 1.23 bits per heavy atom. The summed E-state index contributed by atoms with van der Waals surface area (Å²) in [6.45, 7) is 0. The molecule has 0 aromatic heterocycles. The number of fused-ring (bicyclic) bond motifs is 1. The molecule has 2 aromatic carbocycles. The number of halogens is 4. The van der Waals surface area contributed by atoms with Crippen molar-refractivity contribution < 1.29 is 18.3 Å². The van der Waals surface area contributed by atoms with Gasteiger partial charge in [0, 0.05) is 16.5 Å². The molecule has 1 N–H and O–H groups in total. The first kappa shape index (κ1) is 15.2. The maximum absolute atomic E-state index is 13.3. The fraction of sp³-hybridized carbons (Fsp3) is 0.133. The molecule has 1 unspecified atom stereocenters. The molecule has 114 valence electrons. The predicted octanol–water partition coefficient (Wildman–Crippen LogP) is 5.23. The minimum atomic E-state index is -0.946. The van der Waals surface area contributed by atoms with E-state index >= 15 is 0 Å². The predicted molar refractivity (Wildman–Crippen MR) is 82.1 cm³/mol. The maximum atomic E-state index is 13.3. The van der Waals surface area contributed by atoms with Crippen LogP contribution in [0.5, 0.6) is 0 Å². The Labute approximate surface area is 138 Å². The number of rotatable bonds is 2. The SMILES string of the molecule is O=C1Nc2ccc(Br)c(Cl)c2C(Cc2ccc(F)c(F)c2)O1. The third kappa shape index (κ3) is 2.80. The lowest BCUT2D eigenvalue weighted by Crippen LogP contribution is -2.26. The van der Waals surface area contributed by atoms with Crippen LogP contribution < -0.4 is 5.32 Å². The fourth-order valence-electron chi connectivity index (χ4n) is 2.34. The van der Waals surface area contributed by atoms with Gasteiger partial charge < -0.3 is 4.74 Å². The molecule has 2 aromatic rings. The molecule has 0 saturated heterocycles. The maximum Gasteiger partial charge on any atom is 0.412 e. The van der Waals surface area contributed by atoms with Gasteiger partial charge >= 0.3 is 6.09 Å². The van der Waals surface area contributed by atoms with E-state index < -0.39 is 23.8 Å². The molecule has 1 aliphatic heterocycles. The summed E-state index contributed by atoms with van der Waals surface area (Å²) in [5, 5.41) is 2.97. The van der Waals surface area contributed by atoms with E-state index in [0.717, 1.165) is 12.1 Å². The molecular weight excluding hydrogens is 380 g/mol.